The summed E-state index contributed by atoms with van der Waals surface area (Å²) in [6.07, 6.45) is 3.83. The molecule has 7 nitrogen and oxygen atoms in total. The zero-order valence-corrected chi connectivity index (χ0v) is 15.7. The standard InChI is InChI=1S/C16H21ClN2O5S/c1-24-16(21)12-6-7-13(17)14(10-12)19(25(2,22)23)9-8-18-15(20)11-4-3-5-11/h6-7,10-11H,3-5,8-9H2,1-2H3,(H,18,20). The van der Waals surface area contributed by atoms with Crippen molar-refractivity contribution < 1.29 is 22.7 Å². The second-order valence-electron chi connectivity index (χ2n) is 5.91. The Kier molecular flexibility index (Phi) is 6.29. The molecule has 1 fully saturated rings. The Bertz CT molecular complexity index is 762. The molecule has 1 amide bonds. The van der Waals surface area contributed by atoms with Crippen molar-refractivity contribution in [3.8, 4) is 0 Å². The van der Waals surface area contributed by atoms with Crippen LogP contribution in [0.2, 0.25) is 5.02 Å². The van der Waals surface area contributed by atoms with Crippen LogP contribution in [0.15, 0.2) is 18.2 Å². The largest absolute Gasteiger partial charge is 0.465 e. The number of rotatable bonds is 7. The lowest BCUT2D eigenvalue weighted by Gasteiger charge is -2.26. The van der Waals surface area contributed by atoms with Gasteiger partial charge in [-0.3, -0.25) is 9.10 Å². The van der Waals surface area contributed by atoms with Gasteiger partial charge in [0, 0.05) is 12.5 Å². The molecule has 0 heterocycles. The van der Waals surface area contributed by atoms with Crippen LogP contribution in [0, 0.1) is 5.92 Å². The third kappa shape index (κ3) is 4.85. The molecule has 0 unspecified atom stereocenters. The van der Waals surface area contributed by atoms with Crippen molar-refractivity contribution in [2.45, 2.75) is 19.3 Å². The summed E-state index contributed by atoms with van der Waals surface area (Å²) in [5, 5.41) is 2.93. The Labute approximate surface area is 152 Å². The molecule has 0 aliphatic heterocycles. The minimum absolute atomic E-state index is 0.0155. The van der Waals surface area contributed by atoms with E-state index in [2.05, 4.69) is 10.1 Å². The predicted octanol–water partition coefficient (Wildman–Crippen LogP) is 1.81. The van der Waals surface area contributed by atoms with E-state index >= 15 is 0 Å². The molecule has 0 saturated heterocycles. The average Bonchev–Trinajstić information content (AvgIpc) is 2.49. The third-order valence-corrected chi connectivity index (χ3v) is 5.63. The summed E-state index contributed by atoms with van der Waals surface area (Å²) in [4.78, 5) is 23.6. The number of halogens is 1. The molecule has 25 heavy (non-hydrogen) atoms. The Morgan fingerprint density at radius 2 is 2.04 bits per heavy atom. The van der Waals surface area contributed by atoms with Crippen molar-refractivity contribution in [3.05, 3.63) is 28.8 Å². The third-order valence-electron chi connectivity index (χ3n) is 4.13. The monoisotopic (exact) mass is 388 g/mol. The van der Waals surface area contributed by atoms with Crippen LogP contribution in [0.1, 0.15) is 29.6 Å². The molecule has 1 N–H and O–H groups in total. The summed E-state index contributed by atoms with van der Waals surface area (Å²) in [5.74, 6) is -0.628. The summed E-state index contributed by atoms with van der Waals surface area (Å²) in [6, 6.07) is 4.26. The zero-order valence-electron chi connectivity index (χ0n) is 14.1. The Morgan fingerprint density at radius 1 is 1.36 bits per heavy atom. The van der Waals surface area contributed by atoms with Gasteiger partial charge in [0.1, 0.15) is 0 Å². The van der Waals surface area contributed by atoms with Crippen LogP contribution in [0.5, 0.6) is 0 Å². The molecule has 0 aromatic heterocycles. The number of sulfonamides is 1. The topological polar surface area (TPSA) is 92.8 Å². The first kappa shape index (κ1) is 19.5. The fourth-order valence-electron chi connectivity index (χ4n) is 2.51. The fourth-order valence-corrected chi connectivity index (χ4v) is 3.71. The van der Waals surface area contributed by atoms with Crippen molar-refractivity contribution in [2.24, 2.45) is 5.92 Å². The van der Waals surface area contributed by atoms with Gasteiger partial charge in [-0.1, -0.05) is 18.0 Å². The quantitative estimate of drug-likeness (QED) is 0.719. The molecular weight excluding hydrogens is 368 g/mol. The van der Waals surface area contributed by atoms with Crippen LogP contribution in [0.4, 0.5) is 5.69 Å². The first-order valence-corrected chi connectivity index (χ1v) is 10.1. The number of nitrogens with zero attached hydrogens (tertiary/aromatic N) is 1. The van der Waals surface area contributed by atoms with Gasteiger partial charge in [0.15, 0.2) is 0 Å². The molecular formula is C16H21ClN2O5S. The van der Waals surface area contributed by atoms with Gasteiger partial charge in [0.25, 0.3) is 0 Å². The number of anilines is 1. The molecule has 138 valence electrons. The fraction of sp³-hybridized carbons (Fsp3) is 0.500. The van der Waals surface area contributed by atoms with E-state index in [0.29, 0.717) is 0 Å². The van der Waals surface area contributed by atoms with E-state index in [1.54, 1.807) is 0 Å². The smallest absolute Gasteiger partial charge is 0.337 e. The van der Waals surface area contributed by atoms with Crippen molar-refractivity contribution in [2.75, 3.05) is 30.8 Å². The number of esters is 1. The van der Waals surface area contributed by atoms with Gasteiger partial charge in [-0.05, 0) is 31.0 Å². The van der Waals surface area contributed by atoms with E-state index in [9.17, 15) is 18.0 Å². The highest BCUT2D eigenvalue weighted by Gasteiger charge is 2.26. The SMILES string of the molecule is COC(=O)c1ccc(Cl)c(N(CCNC(=O)C2CCC2)S(C)(=O)=O)c1. The number of hydrogen-bond acceptors (Lipinski definition) is 5. The minimum atomic E-state index is -3.65. The van der Waals surface area contributed by atoms with Crippen LogP contribution < -0.4 is 9.62 Å². The van der Waals surface area contributed by atoms with E-state index in [4.69, 9.17) is 11.6 Å². The maximum atomic E-state index is 12.2. The van der Waals surface area contributed by atoms with Crippen molar-refractivity contribution in [1.82, 2.24) is 5.32 Å². The maximum absolute atomic E-state index is 12.2. The Balaban J connectivity index is 2.17. The van der Waals surface area contributed by atoms with E-state index in [-0.39, 0.29) is 41.2 Å². The van der Waals surface area contributed by atoms with Gasteiger partial charge < -0.3 is 10.1 Å². The number of benzene rings is 1. The van der Waals surface area contributed by atoms with Crippen LogP contribution in [-0.4, -0.2) is 46.7 Å². The Morgan fingerprint density at radius 3 is 2.56 bits per heavy atom. The number of ether oxygens (including phenoxy) is 1. The van der Waals surface area contributed by atoms with Crippen LogP contribution in [0.3, 0.4) is 0 Å². The molecule has 1 saturated carbocycles. The van der Waals surface area contributed by atoms with Crippen LogP contribution in [0.25, 0.3) is 0 Å². The van der Waals surface area contributed by atoms with Gasteiger partial charge in [0.05, 0.1) is 36.2 Å². The first-order chi connectivity index (χ1) is 11.7. The molecule has 9 heteroatoms. The summed E-state index contributed by atoms with van der Waals surface area (Å²) >= 11 is 6.12. The molecule has 2 rings (SSSR count). The molecule has 1 aromatic carbocycles. The number of methoxy groups -OCH3 is 1. The van der Waals surface area contributed by atoms with Crippen molar-refractivity contribution in [3.63, 3.8) is 0 Å². The van der Waals surface area contributed by atoms with Gasteiger partial charge >= 0.3 is 5.97 Å². The molecule has 0 bridgehead atoms. The molecule has 0 radical (unpaired) electrons. The minimum Gasteiger partial charge on any atom is -0.465 e. The lowest BCUT2D eigenvalue weighted by atomic mass is 9.85. The number of carbonyl (C=O) groups excluding carboxylic acids is 2. The highest BCUT2D eigenvalue weighted by molar-refractivity contribution is 7.92. The second-order valence-corrected chi connectivity index (χ2v) is 8.23. The number of amides is 1. The molecule has 1 aliphatic carbocycles. The highest BCUT2D eigenvalue weighted by atomic mass is 35.5. The average molecular weight is 389 g/mol. The van der Waals surface area contributed by atoms with Gasteiger partial charge in [-0.2, -0.15) is 0 Å². The van der Waals surface area contributed by atoms with Crippen molar-refractivity contribution in [1.29, 1.82) is 0 Å². The lowest BCUT2D eigenvalue weighted by molar-refractivity contribution is -0.127. The van der Waals surface area contributed by atoms with Crippen molar-refractivity contribution >= 4 is 39.2 Å². The van der Waals surface area contributed by atoms with Gasteiger partial charge in [0.2, 0.25) is 15.9 Å². The summed E-state index contributed by atoms with van der Waals surface area (Å²) < 4.78 is 30.0. The lowest BCUT2D eigenvalue weighted by Crippen LogP contribution is -2.41. The van der Waals surface area contributed by atoms with E-state index in [1.165, 1.54) is 25.3 Å². The molecule has 1 aromatic rings. The van der Waals surface area contributed by atoms with Gasteiger partial charge in [-0.25, -0.2) is 13.2 Å². The molecule has 0 spiro atoms. The zero-order chi connectivity index (χ0) is 18.6. The van der Waals surface area contributed by atoms with E-state index < -0.39 is 16.0 Å². The second kappa shape index (κ2) is 8.05. The summed E-state index contributed by atoms with van der Waals surface area (Å²) in [5.41, 5.74) is 0.360. The summed E-state index contributed by atoms with van der Waals surface area (Å²) in [7, 11) is -2.42. The first-order valence-electron chi connectivity index (χ1n) is 7.87. The maximum Gasteiger partial charge on any atom is 0.337 e. The normalized spacial score (nSPS) is 14.5. The Hall–Kier alpha value is -1.80. The number of nitrogens with one attached hydrogen (secondary N) is 1. The van der Waals surface area contributed by atoms with E-state index in [0.717, 1.165) is 29.8 Å². The van der Waals surface area contributed by atoms with E-state index in [1.807, 2.05) is 0 Å². The van der Waals surface area contributed by atoms with Crippen LogP contribution >= 0.6 is 11.6 Å². The van der Waals surface area contributed by atoms with Crippen LogP contribution in [-0.2, 0) is 19.6 Å². The molecule has 0 atom stereocenters. The highest BCUT2D eigenvalue weighted by Crippen LogP contribution is 2.29. The number of carbonyl (C=O) groups is 2. The van der Waals surface area contributed by atoms with Gasteiger partial charge in [-0.15, -0.1) is 0 Å². The summed E-state index contributed by atoms with van der Waals surface area (Å²) in [6.45, 7) is 0.169. The molecule has 1 aliphatic rings. The predicted molar refractivity (Wildman–Crippen MR) is 95.3 cm³/mol. The number of hydrogen-bond donors (Lipinski definition) is 1.